The average molecular weight is 521 g/mol. The van der Waals surface area contributed by atoms with Crippen LogP contribution in [0.2, 0.25) is 0 Å². The highest BCUT2D eigenvalue weighted by atomic mass is 16.5. The second-order valence-electron chi connectivity index (χ2n) is 10.6. The molecule has 2 aromatic rings. The number of allylic oxidation sites excluding steroid dienone is 1. The fourth-order valence-electron chi connectivity index (χ4n) is 6.27. The van der Waals surface area contributed by atoms with Gasteiger partial charge < -0.3 is 20.1 Å². The molecule has 7 atom stereocenters. The maximum atomic E-state index is 14.2. The summed E-state index contributed by atoms with van der Waals surface area (Å²) in [7, 11) is 0. The average Bonchev–Trinajstić information content (AvgIpc) is 3.21. The molecule has 0 spiro atoms. The number of hydrogen-bond acceptors (Lipinski definition) is 5. The van der Waals surface area contributed by atoms with Gasteiger partial charge in [-0.1, -0.05) is 76.1 Å². The smallest absolute Gasteiger partial charge is 0.310 e. The molecule has 38 heavy (non-hydrogen) atoms. The molecule has 7 heteroatoms. The van der Waals surface area contributed by atoms with Gasteiger partial charge in [0, 0.05) is 11.6 Å². The van der Waals surface area contributed by atoms with E-state index in [1.54, 1.807) is 11.8 Å². The van der Waals surface area contributed by atoms with Crippen molar-refractivity contribution in [1.82, 2.24) is 4.90 Å². The largest absolute Gasteiger partial charge is 0.466 e. The molecule has 1 saturated heterocycles. The van der Waals surface area contributed by atoms with Crippen LogP contribution in [0.1, 0.15) is 47.0 Å². The van der Waals surface area contributed by atoms with Crippen molar-refractivity contribution in [2.45, 2.75) is 59.0 Å². The topological polar surface area (TPSA) is 95.9 Å². The van der Waals surface area contributed by atoms with E-state index in [2.05, 4.69) is 12.2 Å². The number of nitrogens with one attached hydrogen (secondary N) is 1. The van der Waals surface area contributed by atoms with Gasteiger partial charge in [-0.15, -0.1) is 0 Å². The number of likely N-dealkylation sites (tertiary alicyclic amines) is 1. The van der Waals surface area contributed by atoms with E-state index >= 15 is 0 Å². The van der Waals surface area contributed by atoms with Crippen LogP contribution in [-0.4, -0.2) is 53.1 Å². The molecule has 1 aliphatic heterocycles. The van der Waals surface area contributed by atoms with Gasteiger partial charge in [-0.2, -0.15) is 0 Å². The number of rotatable bonds is 10. The first-order chi connectivity index (χ1) is 18.4. The Balaban J connectivity index is 1.75. The Labute approximate surface area is 225 Å². The monoisotopic (exact) mass is 520 g/mol. The zero-order chi connectivity index (χ0) is 27.4. The highest BCUT2D eigenvalue weighted by molar-refractivity contribution is 6.02. The van der Waals surface area contributed by atoms with Crippen LogP contribution in [0.15, 0.2) is 54.6 Å². The van der Waals surface area contributed by atoms with Gasteiger partial charge in [-0.3, -0.25) is 14.4 Å². The van der Waals surface area contributed by atoms with Crippen molar-refractivity contribution in [3.63, 3.8) is 0 Å². The van der Waals surface area contributed by atoms with Crippen molar-refractivity contribution in [3.05, 3.63) is 54.6 Å². The Bertz CT molecular complexity index is 1190. The van der Waals surface area contributed by atoms with Gasteiger partial charge in [0.1, 0.15) is 6.04 Å². The third-order valence-electron chi connectivity index (χ3n) is 8.36. The second kappa shape index (κ2) is 12.1. The van der Waals surface area contributed by atoms with Crippen LogP contribution in [0, 0.1) is 29.6 Å². The van der Waals surface area contributed by atoms with Gasteiger partial charge in [0.25, 0.3) is 0 Å². The highest BCUT2D eigenvalue weighted by Gasteiger charge is 2.59. The third-order valence-corrected chi connectivity index (χ3v) is 8.36. The number of benzene rings is 2. The Kier molecular flexibility index (Phi) is 8.87. The number of esters is 1. The van der Waals surface area contributed by atoms with Crippen molar-refractivity contribution < 1.29 is 24.2 Å². The standard InChI is InChI=1S/C31H40N2O5/c1-5-10-21-14-16-24-27(26(21)31(37)38-7-3)30(36)33(25(18-34)19(4)6-2)28(24)29(35)32-23-15-13-20-11-8-9-12-22(20)17-23/h8-9,11-17,19,21,24-28,34H,5-7,10,18H2,1-4H3,(H,32,35)/t19-,21+,24-,25-,26+,27-,28-/m0/s1. The van der Waals surface area contributed by atoms with Crippen LogP contribution in [0.5, 0.6) is 0 Å². The first-order valence-corrected chi connectivity index (χ1v) is 13.9. The molecule has 1 heterocycles. The van der Waals surface area contributed by atoms with E-state index in [1.807, 2.05) is 68.5 Å². The molecule has 1 aliphatic carbocycles. The van der Waals surface area contributed by atoms with Gasteiger partial charge in [0.15, 0.2) is 0 Å². The van der Waals surface area contributed by atoms with Gasteiger partial charge >= 0.3 is 5.97 Å². The Morgan fingerprint density at radius 3 is 2.47 bits per heavy atom. The summed E-state index contributed by atoms with van der Waals surface area (Å²) in [6.45, 7) is 7.76. The van der Waals surface area contributed by atoms with Crippen molar-refractivity contribution in [3.8, 4) is 0 Å². The van der Waals surface area contributed by atoms with Crippen LogP contribution in [0.4, 0.5) is 5.69 Å². The number of carbonyl (C=O) groups is 3. The van der Waals surface area contributed by atoms with Gasteiger partial charge in [0.2, 0.25) is 11.8 Å². The minimum atomic E-state index is -0.846. The van der Waals surface area contributed by atoms with Crippen LogP contribution in [-0.2, 0) is 19.1 Å². The van der Waals surface area contributed by atoms with Gasteiger partial charge in [-0.05, 0) is 48.1 Å². The van der Waals surface area contributed by atoms with Crippen molar-refractivity contribution in [2.24, 2.45) is 29.6 Å². The van der Waals surface area contributed by atoms with Crippen molar-refractivity contribution in [2.75, 3.05) is 18.5 Å². The molecule has 7 nitrogen and oxygen atoms in total. The van der Waals surface area contributed by atoms with Gasteiger partial charge in [0.05, 0.1) is 31.1 Å². The number of aliphatic hydroxyl groups is 1. The predicted molar refractivity (Wildman–Crippen MR) is 148 cm³/mol. The van der Waals surface area contributed by atoms with E-state index in [1.165, 1.54) is 0 Å². The summed E-state index contributed by atoms with van der Waals surface area (Å²) in [5.74, 6) is -2.99. The van der Waals surface area contributed by atoms with Crippen LogP contribution >= 0.6 is 0 Å². The maximum Gasteiger partial charge on any atom is 0.310 e. The Hall–Kier alpha value is -3.19. The molecule has 2 aromatic carbocycles. The minimum absolute atomic E-state index is 0.0310. The number of nitrogens with zero attached hydrogens (tertiary/aromatic N) is 1. The molecule has 2 aliphatic rings. The second-order valence-corrected chi connectivity index (χ2v) is 10.6. The van der Waals surface area contributed by atoms with E-state index in [0.717, 1.165) is 30.0 Å². The summed E-state index contributed by atoms with van der Waals surface area (Å²) in [5.41, 5.74) is 0.638. The lowest BCUT2D eigenvalue weighted by molar-refractivity contribution is -0.156. The minimum Gasteiger partial charge on any atom is -0.466 e. The molecule has 1 fully saturated rings. The first-order valence-electron chi connectivity index (χ1n) is 13.9. The zero-order valence-electron chi connectivity index (χ0n) is 22.8. The molecule has 0 aromatic heterocycles. The molecule has 0 unspecified atom stereocenters. The molecular formula is C31H40N2O5. The van der Waals surface area contributed by atoms with E-state index in [4.69, 9.17) is 4.74 Å². The number of fused-ring (bicyclic) bond motifs is 2. The van der Waals surface area contributed by atoms with E-state index in [0.29, 0.717) is 5.69 Å². The molecule has 0 radical (unpaired) electrons. The lowest BCUT2D eigenvalue weighted by Crippen LogP contribution is -2.52. The number of anilines is 1. The summed E-state index contributed by atoms with van der Waals surface area (Å²) >= 11 is 0. The number of ether oxygens (including phenoxy) is 1. The quantitative estimate of drug-likeness (QED) is 0.347. The lowest BCUT2D eigenvalue weighted by atomic mass is 9.69. The fraction of sp³-hybridized carbons (Fsp3) is 0.516. The molecule has 204 valence electrons. The molecule has 0 saturated carbocycles. The van der Waals surface area contributed by atoms with E-state index < -0.39 is 35.8 Å². The van der Waals surface area contributed by atoms with Crippen LogP contribution in [0.3, 0.4) is 0 Å². The van der Waals surface area contributed by atoms with E-state index in [9.17, 15) is 19.5 Å². The van der Waals surface area contributed by atoms with Crippen LogP contribution < -0.4 is 5.32 Å². The van der Waals surface area contributed by atoms with Crippen molar-refractivity contribution in [1.29, 1.82) is 0 Å². The maximum absolute atomic E-state index is 14.2. The Morgan fingerprint density at radius 2 is 1.82 bits per heavy atom. The Morgan fingerprint density at radius 1 is 1.08 bits per heavy atom. The summed E-state index contributed by atoms with van der Waals surface area (Å²) < 4.78 is 5.44. The predicted octanol–water partition coefficient (Wildman–Crippen LogP) is 4.79. The van der Waals surface area contributed by atoms with E-state index in [-0.39, 0.29) is 36.9 Å². The number of carbonyl (C=O) groups excluding carboxylic acids is 3. The summed E-state index contributed by atoms with van der Waals surface area (Å²) in [4.78, 5) is 42.9. The molecule has 2 N–H and O–H groups in total. The van der Waals surface area contributed by atoms with Crippen molar-refractivity contribution >= 4 is 34.2 Å². The number of aliphatic hydroxyl groups excluding tert-OH is 1. The normalized spacial score (nSPS) is 26.2. The SMILES string of the molecule is CCC[C@@H]1C=C[C@H]2[C@H](C(=O)N([C@@H](CO)[C@@H](C)CC)[C@@H]2C(=O)Nc2ccc3ccccc3c2)[C@@H]1C(=O)OCC. The summed E-state index contributed by atoms with van der Waals surface area (Å²) in [5, 5.41) is 15.5. The van der Waals surface area contributed by atoms with Gasteiger partial charge in [-0.25, -0.2) is 0 Å². The highest BCUT2D eigenvalue weighted by Crippen LogP contribution is 2.47. The van der Waals surface area contributed by atoms with Crippen LogP contribution in [0.25, 0.3) is 10.8 Å². The molecule has 2 amide bonds. The zero-order valence-corrected chi connectivity index (χ0v) is 22.8. The lowest BCUT2D eigenvalue weighted by Gasteiger charge is -2.36. The molecule has 4 rings (SSSR count). The third kappa shape index (κ3) is 5.21. The number of hydrogen-bond donors (Lipinski definition) is 2. The number of amides is 2. The molecule has 0 bridgehead atoms. The summed E-state index contributed by atoms with van der Waals surface area (Å²) in [6.07, 6.45) is 6.29. The summed E-state index contributed by atoms with van der Waals surface area (Å²) in [6, 6.07) is 12.2. The molecular weight excluding hydrogens is 480 g/mol. The fourth-order valence-corrected chi connectivity index (χ4v) is 6.27. The first kappa shape index (κ1) is 27.8.